The summed E-state index contributed by atoms with van der Waals surface area (Å²) < 4.78 is 10.8. The summed E-state index contributed by atoms with van der Waals surface area (Å²) in [6, 6.07) is 14.3. The summed E-state index contributed by atoms with van der Waals surface area (Å²) in [5.41, 5.74) is 0.542. The van der Waals surface area contributed by atoms with Crippen LogP contribution in [0.4, 0.5) is 5.69 Å². The molecule has 0 saturated heterocycles. The lowest BCUT2D eigenvalue weighted by Crippen LogP contribution is -2.40. The zero-order valence-electron chi connectivity index (χ0n) is 15.9. The van der Waals surface area contributed by atoms with Gasteiger partial charge in [-0.2, -0.15) is 0 Å². The summed E-state index contributed by atoms with van der Waals surface area (Å²) in [5.74, 6) is 0.810. The van der Waals surface area contributed by atoms with Gasteiger partial charge in [0, 0.05) is 0 Å². The van der Waals surface area contributed by atoms with E-state index in [2.05, 4.69) is 10.6 Å². The molecule has 0 atom stereocenters. The van der Waals surface area contributed by atoms with Gasteiger partial charge in [0.25, 0.3) is 0 Å². The molecule has 0 aliphatic carbocycles. The number of carbonyl (C=O) groups is 2. The number of para-hydroxylation sites is 3. The smallest absolute Gasteiger partial charge is 0.238 e. The van der Waals surface area contributed by atoms with Gasteiger partial charge in [-0.25, -0.2) is 0 Å². The Balaban J connectivity index is 1.66. The number of hydrogen-bond acceptors (Lipinski definition) is 5. The van der Waals surface area contributed by atoms with Crippen molar-refractivity contribution in [1.82, 2.24) is 10.2 Å². The molecule has 0 unspecified atom stereocenters. The number of methoxy groups -OCH3 is 1. The number of nitrogens with zero attached hydrogens (tertiary/aromatic N) is 1. The van der Waals surface area contributed by atoms with Crippen LogP contribution in [0, 0.1) is 0 Å². The Morgan fingerprint density at radius 3 is 2.36 bits per heavy atom. The number of benzene rings is 2. The minimum atomic E-state index is -0.247. The van der Waals surface area contributed by atoms with Crippen LogP contribution in [0.25, 0.3) is 0 Å². The van der Waals surface area contributed by atoms with Crippen molar-refractivity contribution in [1.29, 1.82) is 0 Å². The van der Waals surface area contributed by atoms with Crippen molar-refractivity contribution in [2.75, 3.05) is 45.7 Å². The van der Waals surface area contributed by atoms with Gasteiger partial charge in [-0.05, 0) is 31.3 Å². The summed E-state index contributed by atoms with van der Waals surface area (Å²) in [5, 5.41) is 5.94. The van der Waals surface area contributed by atoms with Crippen LogP contribution in [0.5, 0.6) is 11.5 Å². The van der Waals surface area contributed by atoms with Gasteiger partial charge in [0.15, 0.2) is 11.5 Å². The Kier molecular flexibility index (Phi) is 8.58. The first-order valence-electron chi connectivity index (χ1n) is 8.75. The van der Waals surface area contributed by atoms with E-state index in [0.29, 0.717) is 35.4 Å². The lowest BCUT2D eigenvalue weighted by molar-refractivity contribution is -0.123. The van der Waals surface area contributed by atoms with Crippen LogP contribution in [-0.2, 0) is 9.59 Å². The first kappa shape index (κ1) is 21.5. The first-order valence-corrected chi connectivity index (χ1v) is 9.13. The summed E-state index contributed by atoms with van der Waals surface area (Å²) in [4.78, 5) is 25.7. The van der Waals surface area contributed by atoms with Crippen LogP contribution < -0.4 is 20.1 Å². The molecule has 0 aromatic heterocycles. The molecular formula is C20H24ClN3O4. The number of anilines is 1. The molecule has 7 nitrogen and oxygen atoms in total. The summed E-state index contributed by atoms with van der Waals surface area (Å²) >= 11 is 6.01. The van der Waals surface area contributed by atoms with Crippen molar-refractivity contribution < 1.29 is 19.1 Å². The first-order chi connectivity index (χ1) is 13.5. The third-order valence-electron chi connectivity index (χ3n) is 3.73. The minimum absolute atomic E-state index is 0.0658. The SMILES string of the molecule is COc1ccccc1OCCNC(=O)CN(C)CC(=O)Nc1ccccc1Cl. The van der Waals surface area contributed by atoms with Crippen LogP contribution in [0.1, 0.15) is 0 Å². The monoisotopic (exact) mass is 405 g/mol. The van der Waals surface area contributed by atoms with Gasteiger partial charge in [0.1, 0.15) is 6.61 Å². The van der Waals surface area contributed by atoms with E-state index in [-0.39, 0.29) is 24.9 Å². The number of ether oxygens (including phenoxy) is 2. The molecule has 0 bridgehead atoms. The van der Waals surface area contributed by atoms with Crippen LogP contribution in [-0.4, -0.2) is 57.1 Å². The average Bonchev–Trinajstić information content (AvgIpc) is 2.67. The predicted molar refractivity (Wildman–Crippen MR) is 109 cm³/mol. The average molecular weight is 406 g/mol. The van der Waals surface area contributed by atoms with Crippen molar-refractivity contribution in [3.63, 3.8) is 0 Å². The van der Waals surface area contributed by atoms with Gasteiger partial charge in [-0.3, -0.25) is 14.5 Å². The maximum absolute atomic E-state index is 12.1. The van der Waals surface area contributed by atoms with Gasteiger partial charge in [-0.15, -0.1) is 0 Å². The highest BCUT2D eigenvalue weighted by Crippen LogP contribution is 2.25. The number of carbonyl (C=O) groups excluding carboxylic acids is 2. The van der Waals surface area contributed by atoms with Gasteiger partial charge in [0.2, 0.25) is 11.8 Å². The molecular weight excluding hydrogens is 382 g/mol. The third-order valence-corrected chi connectivity index (χ3v) is 4.06. The van der Waals surface area contributed by atoms with E-state index in [4.69, 9.17) is 21.1 Å². The summed E-state index contributed by atoms with van der Waals surface area (Å²) in [6.07, 6.45) is 0. The molecule has 0 aliphatic heterocycles. The van der Waals surface area contributed by atoms with Crippen molar-refractivity contribution in [2.24, 2.45) is 0 Å². The topological polar surface area (TPSA) is 79.9 Å². The lowest BCUT2D eigenvalue weighted by atomic mass is 10.3. The third kappa shape index (κ3) is 7.09. The van der Waals surface area contributed by atoms with E-state index in [1.54, 1.807) is 55.5 Å². The zero-order chi connectivity index (χ0) is 20.4. The molecule has 0 aliphatic rings. The highest BCUT2D eigenvalue weighted by atomic mass is 35.5. The molecule has 2 aromatic carbocycles. The van der Waals surface area contributed by atoms with E-state index in [9.17, 15) is 9.59 Å². The van der Waals surface area contributed by atoms with Gasteiger partial charge < -0.3 is 20.1 Å². The number of amides is 2. The number of likely N-dealkylation sites (N-methyl/N-ethyl adjacent to an activating group) is 1. The highest BCUT2D eigenvalue weighted by molar-refractivity contribution is 6.33. The van der Waals surface area contributed by atoms with Crippen LogP contribution >= 0.6 is 11.6 Å². The number of rotatable bonds is 10. The fourth-order valence-corrected chi connectivity index (χ4v) is 2.63. The number of hydrogen-bond donors (Lipinski definition) is 2. The second-order valence-corrected chi connectivity index (χ2v) is 6.46. The zero-order valence-corrected chi connectivity index (χ0v) is 16.7. The fraction of sp³-hybridized carbons (Fsp3) is 0.300. The Morgan fingerprint density at radius 2 is 1.64 bits per heavy atom. The second-order valence-electron chi connectivity index (χ2n) is 6.05. The molecule has 2 N–H and O–H groups in total. The fourth-order valence-electron chi connectivity index (χ4n) is 2.44. The molecule has 0 fully saturated rings. The standard InChI is InChI=1S/C20H24ClN3O4/c1-24(14-20(26)23-16-8-4-3-7-15(16)21)13-19(25)22-11-12-28-18-10-6-5-9-17(18)27-2/h3-10H,11-14H2,1-2H3,(H,22,25)(H,23,26). The molecule has 0 radical (unpaired) electrons. The Bertz CT molecular complexity index is 801. The maximum atomic E-state index is 12.1. The molecule has 8 heteroatoms. The van der Waals surface area contributed by atoms with Gasteiger partial charge in [0.05, 0.1) is 37.5 Å². The molecule has 2 amide bonds. The van der Waals surface area contributed by atoms with Crippen LogP contribution in [0.3, 0.4) is 0 Å². The Morgan fingerprint density at radius 1 is 1.00 bits per heavy atom. The van der Waals surface area contributed by atoms with Gasteiger partial charge >= 0.3 is 0 Å². The summed E-state index contributed by atoms with van der Waals surface area (Å²) in [7, 11) is 3.26. The molecule has 2 aromatic rings. The van der Waals surface area contributed by atoms with Crippen LogP contribution in [0.15, 0.2) is 48.5 Å². The van der Waals surface area contributed by atoms with E-state index >= 15 is 0 Å². The van der Waals surface area contributed by atoms with Crippen LogP contribution in [0.2, 0.25) is 5.02 Å². The Hall–Kier alpha value is -2.77. The minimum Gasteiger partial charge on any atom is -0.493 e. The second kappa shape index (κ2) is 11.2. The number of halogens is 1. The molecule has 150 valence electrons. The van der Waals surface area contributed by atoms with Crippen molar-refractivity contribution in [3.05, 3.63) is 53.6 Å². The lowest BCUT2D eigenvalue weighted by Gasteiger charge is -2.16. The molecule has 0 spiro atoms. The van der Waals surface area contributed by atoms with Crippen molar-refractivity contribution >= 4 is 29.1 Å². The van der Waals surface area contributed by atoms with E-state index in [1.807, 2.05) is 12.1 Å². The molecule has 28 heavy (non-hydrogen) atoms. The summed E-state index contributed by atoms with van der Waals surface area (Å²) in [6.45, 7) is 0.806. The predicted octanol–water partition coefficient (Wildman–Crippen LogP) is 2.41. The van der Waals surface area contributed by atoms with E-state index in [0.717, 1.165) is 0 Å². The van der Waals surface area contributed by atoms with E-state index in [1.165, 1.54) is 0 Å². The van der Waals surface area contributed by atoms with Gasteiger partial charge in [-0.1, -0.05) is 35.9 Å². The normalized spacial score (nSPS) is 10.4. The number of nitrogens with one attached hydrogen (secondary N) is 2. The molecule has 0 heterocycles. The van der Waals surface area contributed by atoms with E-state index < -0.39 is 0 Å². The van der Waals surface area contributed by atoms with Crippen molar-refractivity contribution in [3.8, 4) is 11.5 Å². The Labute approximate surface area is 169 Å². The quantitative estimate of drug-likeness (QED) is 0.593. The highest BCUT2D eigenvalue weighted by Gasteiger charge is 2.12. The molecule has 0 saturated carbocycles. The largest absolute Gasteiger partial charge is 0.493 e. The molecule has 2 rings (SSSR count). The maximum Gasteiger partial charge on any atom is 0.238 e. The van der Waals surface area contributed by atoms with Crippen molar-refractivity contribution in [2.45, 2.75) is 0 Å².